The van der Waals surface area contributed by atoms with E-state index in [1.807, 2.05) is 123 Å². The highest BCUT2D eigenvalue weighted by atomic mass is 35.5. The number of aliphatic imine (C=N–C) groups is 1. The summed E-state index contributed by atoms with van der Waals surface area (Å²) in [6, 6.07) is 31.8. The van der Waals surface area contributed by atoms with E-state index < -0.39 is 0 Å². The molecule has 16 aromatic heterocycles. The van der Waals surface area contributed by atoms with Gasteiger partial charge in [-0.15, -0.1) is 0 Å². The first kappa shape index (κ1) is 83.5. The van der Waals surface area contributed by atoms with Gasteiger partial charge in [-0.05, 0) is 262 Å². The Hall–Kier alpha value is -15.1. The van der Waals surface area contributed by atoms with Gasteiger partial charge in [-0.1, -0.05) is 76.4 Å². The number of aromatic amines is 7. The lowest BCUT2D eigenvalue weighted by Crippen LogP contribution is -2.28. The third kappa shape index (κ3) is 15.0. The molecule has 3 unspecified atom stereocenters. The molecular formula is C109H102ClN23. The van der Waals surface area contributed by atoms with Gasteiger partial charge in [0.05, 0.1) is 115 Å². The van der Waals surface area contributed by atoms with Crippen LogP contribution in [-0.4, -0.2) is 131 Å². The second-order valence-electron chi connectivity index (χ2n) is 35.7. The van der Waals surface area contributed by atoms with Crippen LogP contribution in [0.1, 0.15) is 157 Å². The predicted octanol–water partition coefficient (Wildman–Crippen LogP) is 24.3. The second-order valence-corrected chi connectivity index (χ2v) is 36.1. The molecule has 8 N–H and O–H groups in total. The van der Waals surface area contributed by atoms with Gasteiger partial charge in [0, 0.05) is 204 Å². The summed E-state index contributed by atoms with van der Waals surface area (Å²) >= 11 is 6.50. The first-order valence-electron chi connectivity index (χ1n) is 46.6. The Kier molecular flexibility index (Phi) is 22.2. The Morgan fingerprint density at radius 1 is 0.549 bits per heavy atom. The van der Waals surface area contributed by atoms with Crippen LogP contribution in [0.2, 0.25) is 5.02 Å². The number of benzene rings is 4. The van der Waals surface area contributed by atoms with Crippen LogP contribution in [0.5, 0.6) is 0 Å². The van der Waals surface area contributed by atoms with Gasteiger partial charge < -0.3 is 39.8 Å². The third-order valence-corrected chi connectivity index (χ3v) is 28.1. The van der Waals surface area contributed by atoms with Crippen molar-refractivity contribution in [1.29, 1.82) is 0 Å². The first-order chi connectivity index (χ1) is 65.4. The van der Waals surface area contributed by atoms with E-state index in [0.29, 0.717) is 5.02 Å². The largest absolute Gasteiger partial charge is 0.361 e. The summed E-state index contributed by atoms with van der Waals surface area (Å²) in [6.45, 7) is 15.0. The Bertz CT molecular complexity index is 8140. The zero-order chi connectivity index (χ0) is 90.1. The summed E-state index contributed by atoms with van der Waals surface area (Å²) in [6.07, 6.45) is 59.6. The lowest BCUT2D eigenvalue weighted by Gasteiger charge is -2.26. The van der Waals surface area contributed by atoms with Crippen molar-refractivity contribution >= 4 is 151 Å². The van der Waals surface area contributed by atoms with Crippen LogP contribution in [0.3, 0.4) is 0 Å². The van der Waals surface area contributed by atoms with Crippen molar-refractivity contribution in [2.45, 2.75) is 155 Å². The van der Waals surface area contributed by atoms with Crippen molar-refractivity contribution < 1.29 is 0 Å². The number of rotatable bonds is 14. The van der Waals surface area contributed by atoms with Crippen molar-refractivity contribution in [2.24, 2.45) is 17.1 Å². The highest BCUT2D eigenvalue weighted by Gasteiger charge is 2.34. The molecule has 24 heteroatoms. The maximum atomic E-state index is 6.50. The van der Waals surface area contributed by atoms with E-state index in [2.05, 4.69) is 242 Å². The van der Waals surface area contributed by atoms with Gasteiger partial charge in [0.2, 0.25) is 0 Å². The molecule has 0 saturated heterocycles. The van der Waals surface area contributed by atoms with E-state index in [1.165, 1.54) is 154 Å². The number of hydrazone groups is 1. The number of hydrogen-bond donors (Lipinski definition) is 8. The van der Waals surface area contributed by atoms with Crippen LogP contribution in [0.25, 0.3) is 183 Å². The smallest absolute Gasteiger partial charge is 0.139 e. The van der Waals surface area contributed by atoms with Gasteiger partial charge in [-0.3, -0.25) is 35.1 Å². The number of aryl methyl sites for hydroxylation is 5. The van der Waals surface area contributed by atoms with Crippen LogP contribution in [0.4, 0.5) is 0 Å². The highest BCUT2D eigenvalue weighted by molar-refractivity contribution is 6.36. The number of allylic oxidation sites excluding steroid dienone is 2. The minimum Gasteiger partial charge on any atom is -0.361 e. The summed E-state index contributed by atoms with van der Waals surface area (Å²) in [5.41, 5.74) is 45.4. The Balaban J connectivity index is 0.0000000969. The number of hydrogen-bond acceptors (Lipinski definition) is 15. The Morgan fingerprint density at radius 2 is 1.23 bits per heavy atom. The quantitative estimate of drug-likeness (QED) is 0.0503. The number of halogens is 1. The van der Waals surface area contributed by atoms with Gasteiger partial charge in [-0.25, -0.2) is 24.9 Å². The standard InChI is InChI=1S/C23H24N4.C22H21N5.C22H18N4.C21H18ClN5.C21H21N5/c1-4-6-7-16-12-22(17-8-9-21-23(13-17)27(3)15-26-21)25-14-19(16)18-10-11-24-20(18)5-2;1-27-12-23-18-7-6-13(10-20(18)27)22-15-5-3-2-4-14(15)21-16-11-24-26-17(16)8-9-19(21)25-22;1-2-4-14-13(3-1)21-15-7-10-24-18(15)5-6-20(21)26-22(14)17-12-25-19-8-9-23-11-16(17)19;1-3-4-12-11(2)18-13-10-25-27-16(13)5-6-17(18)26-20(12)14-9-24-21-19(14)15(22)7-8-23-21;1-3-4-13-12(2)20-16-11-24-26-18(16)5-6-19(20)25-21(13)15-10-23-17-7-8-22-9-14(15)17/h5,8-15,24H,2,4,6-7H2,1,3H3;6,8-12,18H,2-5,7H2,1H3,(H,24,26);5-12,25-26H,1-4H2;5-10H,3-4H2,1-2H3,(H,23,24)(H,25,27);5-11,16,18,23,26H,3-4H2,1-2H3. The molecule has 18 heterocycles. The lowest BCUT2D eigenvalue weighted by atomic mass is 9.82. The molecule has 0 spiro atoms. The SMILES string of the molecule is C=Cc1[nH]ccc1-c1cnc(-c2ccc3ncn(C)c3c2)cc1CCCC.CCCc1c(-c2c[nH]c3ccncc23)nc2c(c1C)C1C=NNC1C=C2.CCCc1c(-c2c[nH]c3nccc(Cl)c23)nc2ccc3[nH]ncc3c2c1C.CN1C=NC2CC=C(c3nc4ccc5[nH]ncc5c4c4c3CCCC4)C=C21.c1cc2[nH]cc(-c3[nH]c4ccc5nccc5c4c4c3CCCC4)c2cn1. The van der Waals surface area contributed by atoms with Crippen molar-refractivity contribution in [1.82, 2.24) is 105 Å². The first-order valence-corrected chi connectivity index (χ1v) is 47.0. The molecule has 0 amide bonds. The zero-order valence-corrected chi connectivity index (χ0v) is 76.4. The molecule has 0 radical (unpaired) electrons. The molecule has 4 aromatic carbocycles. The van der Waals surface area contributed by atoms with Gasteiger partial charge in [0.1, 0.15) is 5.65 Å². The fourth-order valence-corrected chi connectivity index (χ4v) is 21.5. The number of unbranched alkanes of at least 4 members (excludes halogenated alkanes) is 1. The lowest BCUT2D eigenvalue weighted by molar-refractivity contribution is 0.608. The van der Waals surface area contributed by atoms with Crippen molar-refractivity contribution in [2.75, 3.05) is 7.05 Å². The molecule has 23 nitrogen and oxygen atoms in total. The predicted molar refractivity (Wildman–Crippen MR) is 542 cm³/mol. The number of imidazole rings is 1. The van der Waals surface area contributed by atoms with E-state index in [1.54, 1.807) is 6.20 Å². The Labute approximate surface area is 773 Å². The number of nitrogens with zero attached hydrogens (tertiary/aromatic N) is 15. The normalized spacial score (nSPS) is 15.8. The number of likely N-dealkylation sites (N-methyl/N-ethyl adjacent to an activating group) is 1. The van der Waals surface area contributed by atoms with E-state index in [4.69, 9.17) is 31.5 Å². The van der Waals surface area contributed by atoms with E-state index >= 15 is 0 Å². The van der Waals surface area contributed by atoms with Gasteiger partial charge in [0.15, 0.2) is 0 Å². The summed E-state index contributed by atoms with van der Waals surface area (Å²) in [7, 11) is 4.10. The average molecular weight is 1770 g/mol. The monoisotopic (exact) mass is 1770 g/mol. The zero-order valence-electron chi connectivity index (χ0n) is 75.6. The molecule has 20 aromatic rings. The number of aromatic nitrogens is 19. The van der Waals surface area contributed by atoms with Crippen LogP contribution in [-0.2, 0) is 52.0 Å². The number of H-pyrrole nitrogens is 7. The summed E-state index contributed by atoms with van der Waals surface area (Å²) in [5, 5.41) is 30.2. The minimum absolute atomic E-state index is 0.251. The van der Waals surface area contributed by atoms with E-state index in [-0.39, 0.29) is 18.0 Å². The van der Waals surface area contributed by atoms with Crippen molar-refractivity contribution in [3.05, 3.63) is 286 Å². The van der Waals surface area contributed by atoms with Crippen LogP contribution in [0, 0.1) is 13.8 Å². The number of pyridine rings is 8. The fraction of sp³-hybridized carbons (Fsp3) is 0.239. The average Bonchev–Trinajstić information content (AvgIpc) is 1.70. The van der Waals surface area contributed by atoms with Crippen molar-refractivity contribution in [3.8, 4) is 56.2 Å². The summed E-state index contributed by atoms with van der Waals surface area (Å²) < 4.78 is 2.04. The topological polar surface area (TPSA) is 297 Å². The maximum absolute atomic E-state index is 6.50. The molecule has 660 valence electrons. The van der Waals surface area contributed by atoms with Gasteiger partial charge in [0.25, 0.3) is 0 Å². The van der Waals surface area contributed by atoms with Gasteiger partial charge >= 0.3 is 0 Å². The summed E-state index contributed by atoms with van der Waals surface area (Å²) in [4.78, 5) is 65.9. The maximum Gasteiger partial charge on any atom is 0.139 e. The molecule has 6 aliphatic rings. The van der Waals surface area contributed by atoms with Crippen LogP contribution >= 0.6 is 11.6 Å². The molecule has 2 aliphatic heterocycles. The van der Waals surface area contributed by atoms with Crippen LogP contribution in [0.15, 0.2) is 218 Å². The van der Waals surface area contributed by atoms with Crippen molar-refractivity contribution in [3.63, 3.8) is 0 Å². The molecule has 0 saturated carbocycles. The molecule has 26 rings (SSSR count). The molecule has 0 bridgehead atoms. The molecule has 3 atom stereocenters. The number of nitrogens with one attached hydrogen (secondary N) is 8. The van der Waals surface area contributed by atoms with Gasteiger partial charge in [-0.2, -0.15) is 15.3 Å². The third-order valence-electron chi connectivity index (χ3n) is 27.8. The van der Waals surface area contributed by atoms with E-state index in [9.17, 15) is 0 Å². The molecular weight excluding hydrogens is 1670 g/mol. The second kappa shape index (κ2) is 35.3. The fourth-order valence-electron chi connectivity index (χ4n) is 21.2. The Morgan fingerprint density at radius 3 is 2.01 bits per heavy atom. The molecule has 133 heavy (non-hydrogen) atoms. The molecule has 4 aliphatic carbocycles. The number of fused-ring (bicyclic) bond motifs is 21. The minimum atomic E-state index is 0.251. The molecule has 0 fully saturated rings. The summed E-state index contributed by atoms with van der Waals surface area (Å²) in [5.74, 6) is 0.275. The van der Waals surface area contributed by atoms with Crippen LogP contribution < -0.4 is 5.43 Å². The van der Waals surface area contributed by atoms with E-state index in [0.717, 1.165) is 198 Å². The highest BCUT2D eigenvalue weighted by Crippen LogP contribution is 2.46.